The number of ether oxygens (including phenoxy) is 1. The van der Waals surface area contributed by atoms with Crippen molar-refractivity contribution in [3.63, 3.8) is 0 Å². The first-order valence-electron chi connectivity index (χ1n) is 11.2. The summed E-state index contributed by atoms with van der Waals surface area (Å²) in [5.74, 6) is -1.43. The van der Waals surface area contributed by atoms with Crippen LogP contribution in [0.1, 0.15) is 52.7 Å². The number of benzene rings is 2. The zero-order chi connectivity index (χ0) is 23.3. The van der Waals surface area contributed by atoms with Gasteiger partial charge in [-0.05, 0) is 36.5 Å². The van der Waals surface area contributed by atoms with Crippen molar-refractivity contribution in [2.75, 3.05) is 25.1 Å². The fraction of sp³-hybridized carbons (Fsp3) is 0.360. The lowest BCUT2D eigenvalue weighted by Crippen LogP contribution is -2.24. The minimum absolute atomic E-state index is 0.0316. The molecule has 0 bridgehead atoms. The molecule has 0 spiro atoms. The van der Waals surface area contributed by atoms with E-state index in [-0.39, 0.29) is 28.7 Å². The van der Waals surface area contributed by atoms with Crippen LogP contribution in [0.3, 0.4) is 0 Å². The summed E-state index contributed by atoms with van der Waals surface area (Å²) in [5.41, 5.74) is 7.89. The van der Waals surface area contributed by atoms with Crippen molar-refractivity contribution < 1.29 is 19.0 Å². The van der Waals surface area contributed by atoms with Gasteiger partial charge >= 0.3 is 5.97 Å². The van der Waals surface area contributed by atoms with Gasteiger partial charge in [0.2, 0.25) is 5.43 Å². The lowest BCUT2D eigenvalue weighted by Gasteiger charge is -2.25. The second-order valence-corrected chi connectivity index (χ2v) is 8.79. The molecule has 0 amide bonds. The molecule has 2 aromatic carbocycles. The number of anilines is 1. The predicted octanol–water partition coefficient (Wildman–Crippen LogP) is 3.63. The molecule has 1 aliphatic carbocycles. The Morgan fingerprint density at radius 3 is 2.70 bits per heavy atom. The molecule has 1 saturated carbocycles. The first kappa shape index (κ1) is 21.5. The number of rotatable bonds is 6. The zero-order valence-corrected chi connectivity index (χ0v) is 18.4. The Morgan fingerprint density at radius 2 is 2.03 bits per heavy atom. The highest BCUT2D eigenvalue weighted by atomic mass is 19.1. The molecule has 1 unspecified atom stereocenters. The minimum Gasteiger partial charge on any atom is -0.492 e. The van der Waals surface area contributed by atoms with E-state index in [1.807, 2.05) is 23.1 Å². The molecule has 172 valence electrons. The van der Waals surface area contributed by atoms with E-state index in [2.05, 4.69) is 6.07 Å². The summed E-state index contributed by atoms with van der Waals surface area (Å²) in [5, 5.41) is 9.53. The average Bonchev–Trinajstić information content (AvgIpc) is 3.55. The van der Waals surface area contributed by atoms with Gasteiger partial charge in [-0.15, -0.1) is 0 Å². The van der Waals surface area contributed by atoms with Crippen molar-refractivity contribution in [2.24, 2.45) is 5.73 Å². The molecule has 7 nitrogen and oxygen atoms in total. The lowest BCUT2D eigenvalue weighted by molar-refractivity contribution is 0.0695. The Hall–Kier alpha value is -3.39. The number of hydrogen-bond acceptors (Lipinski definition) is 5. The monoisotopic (exact) mass is 451 g/mol. The minimum atomic E-state index is -1.32. The predicted molar refractivity (Wildman–Crippen MR) is 124 cm³/mol. The van der Waals surface area contributed by atoms with Crippen LogP contribution in [-0.2, 0) is 6.54 Å². The Morgan fingerprint density at radius 1 is 1.27 bits per heavy atom. The highest BCUT2D eigenvalue weighted by molar-refractivity contribution is 5.97. The summed E-state index contributed by atoms with van der Waals surface area (Å²) in [6, 6.07) is 9.28. The molecule has 3 aromatic rings. The SMILES string of the molecule is COc1c(N2CCC(c3ccccc3CN)C2)c(F)cc2c(=O)c(C(=O)O)cn(C3CC3)c12. The number of carboxylic acid groups (broad SMARTS) is 1. The van der Waals surface area contributed by atoms with E-state index in [0.717, 1.165) is 24.8 Å². The van der Waals surface area contributed by atoms with E-state index >= 15 is 4.39 Å². The van der Waals surface area contributed by atoms with Gasteiger partial charge in [-0.2, -0.15) is 0 Å². The average molecular weight is 451 g/mol. The Kier molecular flexibility index (Phi) is 5.32. The number of fused-ring (bicyclic) bond motifs is 1. The van der Waals surface area contributed by atoms with Crippen molar-refractivity contribution in [1.82, 2.24) is 4.57 Å². The maximum absolute atomic E-state index is 15.5. The number of halogens is 1. The number of hydrogen-bond donors (Lipinski definition) is 2. The smallest absolute Gasteiger partial charge is 0.341 e. The molecular weight excluding hydrogens is 425 g/mol. The molecule has 2 aliphatic rings. The molecule has 3 N–H and O–H groups in total. The van der Waals surface area contributed by atoms with E-state index in [0.29, 0.717) is 30.8 Å². The van der Waals surface area contributed by atoms with Crippen molar-refractivity contribution in [3.05, 3.63) is 69.3 Å². The molecular formula is C25H26FN3O4. The Bertz CT molecular complexity index is 1320. The van der Waals surface area contributed by atoms with Gasteiger partial charge < -0.3 is 25.0 Å². The van der Waals surface area contributed by atoms with E-state index < -0.39 is 17.2 Å². The van der Waals surface area contributed by atoms with Crippen LogP contribution in [0.4, 0.5) is 10.1 Å². The number of aromatic nitrogens is 1. The maximum atomic E-state index is 15.5. The third-order valence-electron chi connectivity index (χ3n) is 6.79. The van der Waals surface area contributed by atoms with Gasteiger partial charge in [-0.3, -0.25) is 4.79 Å². The van der Waals surface area contributed by atoms with Gasteiger partial charge in [-0.1, -0.05) is 24.3 Å². The summed E-state index contributed by atoms with van der Waals surface area (Å²) in [6.07, 6.45) is 3.95. The molecule has 1 aromatic heterocycles. The van der Waals surface area contributed by atoms with E-state index in [1.165, 1.54) is 24.9 Å². The van der Waals surface area contributed by atoms with Gasteiger partial charge in [0.15, 0.2) is 11.6 Å². The molecule has 1 aliphatic heterocycles. The number of carboxylic acids is 1. The second kappa shape index (κ2) is 8.19. The van der Waals surface area contributed by atoms with Crippen molar-refractivity contribution >= 4 is 22.6 Å². The van der Waals surface area contributed by atoms with Crippen LogP contribution in [0.5, 0.6) is 5.75 Å². The van der Waals surface area contributed by atoms with Crippen LogP contribution < -0.4 is 20.8 Å². The normalized spacial score (nSPS) is 18.2. The quantitative estimate of drug-likeness (QED) is 0.594. The number of nitrogens with zero attached hydrogens (tertiary/aromatic N) is 2. The summed E-state index contributed by atoms with van der Waals surface area (Å²) >= 11 is 0. The molecule has 8 heteroatoms. The van der Waals surface area contributed by atoms with Crippen molar-refractivity contribution in [1.29, 1.82) is 0 Å². The maximum Gasteiger partial charge on any atom is 0.341 e. The fourth-order valence-electron chi connectivity index (χ4n) is 5.06. The van der Waals surface area contributed by atoms with E-state index in [4.69, 9.17) is 10.5 Å². The first-order chi connectivity index (χ1) is 15.9. The van der Waals surface area contributed by atoms with Crippen LogP contribution >= 0.6 is 0 Å². The van der Waals surface area contributed by atoms with E-state index in [9.17, 15) is 14.7 Å². The molecule has 2 heterocycles. The van der Waals surface area contributed by atoms with Gasteiger partial charge in [0.1, 0.15) is 11.3 Å². The summed E-state index contributed by atoms with van der Waals surface area (Å²) in [7, 11) is 1.46. The third-order valence-corrected chi connectivity index (χ3v) is 6.79. The van der Waals surface area contributed by atoms with Crippen LogP contribution in [0, 0.1) is 5.82 Å². The number of carbonyl (C=O) groups is 1. The standard InChI is InChI=1S/C25H26FN3O4/c1-33-24-21-18(23(30)19(25(31)32)13-29(21)16-6-7-16)10-20(26)22(24)28-9-8-15(12-28)17-5-3-2-4-14(17)11-27/h2-5,10,13,15-16H,6-9,11-12,27H2,1H3,(H,31,32). The highest BCUT2D eigenvalue weighted by Crippen LogP contribution is 2.45. The van der Waals surface area contributed by atoms with Crippen LogP contribution in [-0.4, -0.2) is 35.8 Å². The second-order valence-electron chi connectivity index (χ2n) is 8.79. The summed E-state index contributed by atoms with van der Waals surface area (Å²) < 4.78 is 23.0. The van der Waals surface area contributed by atoms with Gasteiger partial charge in [0.25, 0.3) is 0 Å². The van der Waals surface area contributed by atoms with Crippen molar-refractivity contribution in [2.45, 2.75) is 37.8 Å². The largest absolute Gasteiger partial charge is 0.492 e. The third kappa shape index (κ3) is 3.54. The van der Waals surface area contributed by atoms with Crippen molar-refractivity contribution in [3.8, 4) is 5.75 Å². The summed E-state index contributed by atoms with van der Waals surface area (Å²) in [4.78, 5) is 26.5. The topological polar surface area (TPSA) is 97.8 Å². The Labute approximate surface area is 190 Å². The molecule has 33 heavy (non-hydrogen) atoms. The molecule has 2 fully saturated rings. The van der Waals surface area contributed by atoms with Gasteiger partial charge in [0.05, 0.1) is 18.0 Å². The summed E-state index contributed by atoms with van der Waals surface area (Å²) in [6.45, 7) is 1.67. The number of methoxy groups -OCH3 is 1. The number of nitrogens with two attached hydrogens (primary N) is 1. The van der Waals surface area contributed by atoms with Crippen LogP contribution in [0.25, 0.3) is 10.9 Å². The molecule has 1 atom stereocenters. The van der Waals surface area contributed by atoms with Gasteiger partial charge in [-0.25, -0.2) is 9.18 Å². The molecule has 0 radical (unpaired) electrons. The first-order valence-corrected chi connectivity index (χ1v) is 11.2. The fourth-order valence-corrected chi connectivity index (χ4v) is 5.06. The zero-order valence-electron chi connectivity index (χ0n) is 18.4. The lowest BCUT2D eigenvalue weighted by atomic mass is 9.93. The van der Waals surface area contributed by atoms with Crippen LogP contribution in [0.15, 0.2) is 41.3 Å². The number of pyridine rings is 1. The van der Waals surface area contributed by atoms with E-state index in [1.54, 1.807) is 4.57 Å². The molecule has 5 rings (SSSR count). The number of aromatic carboxylic acids is 1. The van der Waals surface area contributed by atoms with Gasteiger partial charge in [0, 0.05) is 37.8 Å². The molecule has 1 saturated heterocycles. The Balaban J connectivity index is 1.65. The highest BCUT2D eigenvalue weighted by Gasteiger charge is 2.34. The van der Waals surface area contributed by atoms with Crippen LogP contribution in [0.2, 0.25) is 0 Å².